The zero-order valence-electron chi connectivity index (χ0n) is 19.6. The topological polar surface area (TPSA) is 52.6 Å². The zero-order chi connectivity index (χ0) is 23.5. The standard InChI is InChI=1S/C28H34O4/c1-7-19-13-21(17-27(3,4)15-19)31-25(29)23-11-9-10-12-24(23)26(30)32-22-14-20(8-2)16-28(5,6)18-22/h1-2,9-12,19-22H,13-18H2,3-6H3/t19-,20+,21+,22-. The van der Waals surface area contributed by atoms with Gasteiger partial charge in [-0.1, -0.05) is 39.8 Å². The van der Waals surface area contributed by atoms with Crippen molar-refractivity contribution in [1.29, 1.82) is 0 Å². The maximum Gasteiger partial charge on any atom is 0.339 e. The minimum absolute atomic E-state index is 0.0000350. The summed E-state index contributed by atoms with van der Waals surface area (Å²) >= 11 is 0. The Hall–Kier alpha value is -2.72. The van der Waals surface area contributed by atoms with Crippen LogP contribution in [0.15, 0.2) is 24.3 Å². The quantitative estimate of drug-likeness (QED) is 0.453. The molecule has 170 valence electrons. The molecule has 4 atom stereocenters. The van der Waals surface area contributed by atoms with Crippen molar-refractivity contribution >= 4 is 11.9 Å². The third kappa shape index (κ3) is 5.95. The van der Waals surface area contributed by atoms with E-state index in [0.717, 1.165) is 25.7 Å². The molecule has 2 saturated carbocycles. The third-order valence-corrected chi connectivity index (χ3v) is 6.64. The number of rotatable bonds is 4. The normalized spacial score (nSPS) is 28.6. The van der Waals surface area contributed by atoms with Gasteiger partial charge in [-0.15, -0.1) is 24.7 Å². The van der Waals surface area contributed by atoms with E-state index in [9.17, 15) is 9.59 Å². The van der Waals surface area contributed by atoms with Crippen LogP contribution in [0.25, 0.3) is 0 Å². The van der Waals surface area contributed by atoms with E-state index in [-0.39, 0.29) is 46.0 Å². The number of hydrogen-bond donors (Lipinski definition) is 0. The molecule has 0 amide bonds. The Balaban J connectivity index is 1.72. The molecule has 0 unspecified atom stereocenters. The van der Waals surface area contributed by atoms with Gasteiger partial charge in [0.05, 0.1) is 11.1 Å². The lowest BCUT2D eigenvalue weighted by Gasteiger charge is -2.38. The van der Waals surface area contributed by atoms with Gasteiger partial charge in [0.2, 0.25) is 0 Å². The van der Waals surface area contributed by atoms with Crippen LogP contribution in [-0.4, -0.2) is 24.1 Å². The van der Waals surface area contributed by atoms with Gasteiger partial charge in [-0.3, -0.25) is 0 Å². The minimum Gasteiger partial charge on any atom is -0.459 e. The van der Waals surface area contributed by atoms with Gasteiger partial charge in [0.15, 0.2) is 0 Å². The summed E-state index contributed by atoms with van der Waals surface area (Å²) in [6.45, 7) is 8.55. The van der Waals surface area contributed by atoms with Crippen LogP contribution < -0.4 is 0 Å². The van der Waals surface area contributed by atoms with Crippen molar-refractivity contribution in [2.45, 2.75) is 78.4 Å². The van der Waals surface area contributed by atoms with Gasteiger partial charge >= 0.3 is 11.9 Å². The molecule has 0 saturated heterocycles. The number of hydrogen-bond acceptors (Lipinski definition) is 4. The highest BCUT2D eigenvalue weighted by atomic mass is 16.6. The van der Waals surface area contributed by atoms with E-state index >= 15 is 0 Å². The van der Waals surface area contributed by atoms with Crippen LogP contribution in [0.4, 0.5) is 0 Å². The van der Waals surface area contributed by atoms with Gasteiger partial charge < -0.3 is 9.47 Å². The molecule has 3 rings (SSSR count). The molecule has 0 aromatic heterocycles. The van der Waals surface area contributed by atoms with Gasteiger partial charge in [-0.25, -0.2) is 9.59 Å². The lowest BCUT2D eigenvalue weighted by atomic mass is 9.71. The Labute approximate surface area is 192 Å². The van der Waals surface area contributed by atoms with Crippen molar-refractivity contribution in [3.8, 4) is 24.7 Å². The third-order valence-electron chi connectivity index (χ3n) is 6.64. The first-order valence-corrected chi connectivity index (χ1v) is 11.5. The van der Waals surface area contributed by atoms with Crippen LogP contribution in [0, 0.1) is 47.4 Å². The van der Waals surface area contributed by atoms with E-state index in [1.54, 1.807) is 24.3 Å². The molecule has 0 N–H and O–H groups in total. The van der Waals surface area contributed by atoms with Crippen molar-refractivity contribution in [1.82, 2.24) is 0 Å². The van der Waals surface area contributed by atoms with E-state index in [1.165, 1.54) is 0 Å². The van der Waals surface area contributed by atoms with Crippen molar-refractivity contribution in [3.63, 3.8) is 0 Å². The van der Waals surface area contributed by atoms with Crippen LogP contribution in [0.5, 0.6) is 0 Å². The van der Waals surface area contributed by atoms with Gasteiger partial charge in [-0.05, 0) is 61.5 Å². The van der Waals surface area contributed by atoms with Crippen molar-refractivity contribution in [3.05, 3.63) is 35.4 Å². The Kier molecular flexibility index (Phi) is 7.04. The number of terminal acetylenes is 2. The number of esters is 2. The molecule has 0 heterocycles. The molecule has 2 fully saturated rings. The summed E-state index contributed by atoms with van der Waals surface area (Å²) in [5.74, 6) is 4.76. The first-order chi connectivity index (χ1) is 15.0. The fourth-order valence-electron chi connectivity index (χ4n) is 5.40. The SMILES string of the molecule is C#C[C@@H]1C[C@H](OC(=O)c2ccccc2C(=O)O[C@@H]2C[C@H](C#C)CC(C)(C)C2)CC(C)(C)C1. The van der Waals surface area contributed by atoms with E-state index in [0.29, 0.717) is 12.8 Å². The summed E-state index contributed by atoms with van der Waals surface area (Å²) in [4.78, 5) is 26.1. The second-order valence-electron chi connectivity index (χ2n) is 10.9. The van der Waals surface area contributed by atoms with E-state index in [2.05, 4.69) is 39.5 Å². The van der Waals surface area contributed by atoms with Crippen molar-refractivity contribution < 1.29 is 19.1 Å². The first-order valence-electron chi connectivity index (χ1n) is 11.5. The van der Waals surface area contributed by atoms with Crippen molar-refractivity contribution in [2.24, 2.45) is 22.7 Å². The lowest BCUT2D eigenvalue weighted by molar-refractivity contribution is -0.00719. The van der Waals surface area contributed by atoms with Crippen LogP contribution in [0.2, 0.25) is 0 Å². The maximum absolute atomic E-state index is 13.0. The number of benzene rings is 1. The van der Waals surface area contributed by atoms with Gasteiger partial charge in [0, 0.05) is 11.8 Å². The summed E-state index contributed by atoms with van der Waals surface area (Å²) < 4.78 is 11.6. The minimum atomic E-state index is -0.513. The second-order valence-corrected chi connectivity index (χ2v) is 10.9. The van der Waals surface area contributed by atoms with Crippen LogP contribution in [0.1, 0.15) is 86.9 Å². The smallest absolute Gasteiger partial charge is 0.339 e. The molecule has 2 aliphatic carbocycles. The van der Waals surface area contributed by atoms with E-state index in [4.69, 9.17) is 22.3 Å². The summed E-state index contributed by atoms with van der Waals surface area (Å²) in [7, 11) is 0. The number of ether oxygens (including phenoxy) is 2. The Morgan fingerprint density at radius 2 is 1.16 bits per heavy atom. The summed E-state index contributed by atoms with van der Waals surface area (Å²) in [6.07, 6.45) is 15.4. The van der Waals surface area contributed by atoms with Gasteiger partial charge in [0.1, 0.15) is 12.2 Å². The van der Waals surface area contributed by atoms with Crippen LogP contribution >= 0.6 is 0 Å². The maximum atomic E-state index is 13.0. The van der Waals surface area contributed by atoms with Crippen LogP contribution in [-0.2, 0) is 9.47 Å². The summed E-state index contributed by atoms with van der Waals surface area (Å²) in [5, 5.41) is 0. The fourth-order valence-corrected chi connectivity index (χ4v) is 5.40. The van der Waals surface area contributed by atoms with Gasteiger partial charge in [-0.2, -0.15) is 0 Å². The van der Waals surface area contributed by atoms with Crippen LogP contribution in [0.3, 0.4) is 0 Å². The highest BCUT2D eigenvalue weighted by molar-refractivity contribution is 6.03. The number of carbonyl (C=O) groups is 2. The molecule has 0 radical (unpaired) electrons. The Morgan fingerprint density at radius 3 is 1.50 bits per heavy atom. The molecule has 0 aliphatic heterocycles. The lowest BCUT2D eigenvalue weighted by Crippen LogP contribution is -2.35. The second kappa shape index (κ2) is 9.41. The molecule has 4 nitrogen and oxygen atoms in total. The zero-order valence-corrected chi connectivity index (χ0v) is 19.6. The molecular formula is C28H34O4. The van der Waals surface area contributed by atoms with E-state index < -0.39 is 11.9 Å². The molecule has 0 spiro atoms. The summed E-state index contributed by atoms with van der Waals surface area (Å²) in [5.41, 5.74) is 0.448. The first kappa shape index (κ1) is 23.9. The monoisotopic (exact) mass is 434 g/mol. The molecule has 1 aromatic carbocycles. The highest BCUT2D eigenvalue weighted by Crippen LogP contribution is 2.41. The average molecular weight is 435 g/mol. The van der Waals surface area contributed by atoms with E-state index in [1.807, 2.05) is 0 Å². The highest BCUT2D eigenvalue weighted by Gasteiger charge is 2.37. The number of carbonyl (C=O) groups excluding carboxylic acids is 2. The molecule has 4 heteroatoms. The average Bonchev–Trinajstić information content (AvgIpc) is 2.71. The Morgan fingerprint density at radius 1 is 0.781 bits per heavy atom. The fraction of sp³-hybridized carbons (Fsp3) is 0.571. The van der Waals surface area contributed by atoms with Gasteiger partial charge in [0.25, 0.3) is 0 Å². The predicted molar refractivity (Wildman–Crippen MR) is 125 cm³/mol. The van der Waals surface area contributed by atoms with Crippen molar-refractivity contribution in [2.75, 3.05) is 0 Å². The molecule has 1 aromatic rings. The molecular weight excluding hydrogens is 400 g/mol. The Bertz CT molecular complexity index is 866. The summed E-state index contributed by atoms with van der Waals surface area (Å²) in [6, 6.07) is 6.67. The molecule has 0 bridgehead atoms. The predicted octanol–water partition coefficient (Wildman–Crippen LogP) is 5.66. The largest absolute Gasteiger partial charge is 0.459 e. The molecule has 32 heavy (non-hydrogen) atoms. The molecule has 2 aliphatic rings.